The highest BCUT2D eigenvalue weighted by atomic mass is 127. The lowest BCUT2D eigenvalue weighted by atomic mass is 10.2. The second-order valence-corrected chi connectivity index (χ2v) is 7.27. The first-order valence-corrected chi connectivity index (χ1v) is 10.9. The minimum absolute atomic E-state index is 0. The van der Waals surface area contributed by atoms with E-state index in [4.69, 9.17) is 15.2 Å². The fourth-order valence-electron chi connectivity index (χ4n) is 3.53. The number of guanidine groups is 1. The Bertz CT molecular complexity index is 838. The van der Waals surface area contributed by atoms with E-state index in [1.807, 2.05) is 44.3 Å². The molecule has 1 aliphatic heterocycles. The first kappa shape index (κ1) is 25.0. The van der Waals surface area contributed by atoms with Crippen LogP contribution in [0.15, 0.2) is 41.5 Å². The van der Waals surface area contributed by atoms with Gasteiger partial charge in [-0.15, -0.1) is 24.0 Å². The van der Waals surface area contributed by atoms with Gasteiger partial charge in [0, 0.05) is 25.4 Å². The van der Waals surface area contributed by atoms with Crippen molar-refractivity contribution in [3.8, 4) is 11.5 Å². The maximum absolute atomic E-state index is 6.16. The maximum Gasteiger partial charge on any atom is 0.193 e. The Hall–Kier alpha value is -2.23. The molecule has 31 heavy (non-hydrogen) atoms. The molecule has 1 saturated heterocycles. The molecule has 0 bridgehead atoms. The molecule has 8 heteroatoms. The van der Waals surface area contributed by atoms with E-state index in [2.05, 4.69) is 26.3 Å². The smallest absolute Gasteiger partial charge is 0.193 e. The van der Waals surface area contributed by atoms with Gasteiger partial charge in [-0.05, 0) is 56.5 Å². The Kier molecular flexibility index (Phi) is 10.7. The molecule has 1 aliphatic rings. The van der Waals surface area contributed by atoms with Crippen LogP contribution < -0.4 is 25.4 Å². The van der Waals surface area contributed by atoms with Crippen molar-refractivity contribution in [2.75, 3.05) is 36.5 Å². The Balaban J connectivity index is 0.00000341. The van der Waals surface area contributed by atoms with Gasteiger partial charge in [-0.25, -0.2) is 9.98 Å². The van der Waals surface area contributed by atoms with Gasteiger partial charge in [-0.2, -0.15) is 0 Å². The van der Waals surface area contributed by atoms with Crippen molar-refractivity contribution < 1.29 is 9.47 Å². The summed E-state index contributed by atoms with van der Waals surface area (Å²) >= 11 is 0. The molecular formula is C23H34IN5O2. The van der Waals surface area contributed by atoms with Crippen LogP contribution in [0.2, 0.25) is 0 Å². The molecule has 1 fully saturated rings. The van der Waals surface area contributed by atoms with Gasteiger partial charge >= 0.3 is 0 Å². The van der Waals surface area contributed by atoms with Crippen molar-refractivity contribution in [1.82, 2.24) is 4.98 Å². The lowest BCUT2D eigenvalue weighted by Gasteiger charge is -2.21. The molecule has 0 radical (unpaired) electrons. The van der Waals surface area contributed by atoms with Crippen LogP contribution in [0.3, 0.4) is 0 Å². The van der Waals surface area contributed by atoms with Crippen molar-refractivity contribution >= 4 is 41.4 Å². The van der Waals surface area contributed by atoms with Crippen molar-refractivity contribution in [3.05, 3.63) is 42.1 Å². The molecule has 2 heterocycles. The molecule has 0 atom stereocenters. The number of rotatable bonds is 8. The molecule has 0 unspecified atom stereocenters. The molecule has 0 spiro atoms. The molecule has 0 amide bonds. The third-order valence-corrected chi connectivity index (χ3v) is 5.00. The Morgan fingerprint density at radius 2 is 1.81 bits per heavy atom. The third-order valence-electron chi connectivity index (χ3n) is 5.00. The number of aromatic nitrogens is 1. The normalized spacial score (nSPS) is 14.4. The summed E-state index contributed by atoms with van der Waals surface area (Å²) in [5.41, 5.74) is 7.99. The number of ether oxygens (including phenoxy) is 2. The zero-order chi connectivity index (χ0) is 21.2. The summed E-state index contributed by atoms with van der Waals surface area (Å²) in [5, 5.41) is 3.15. The molecule has 2 aromatic rings. The van der Waals surface area contributed by atoms with Crippen LogP contribution in [0.25, 0.3) is 0 Å². The van der Waals surface area contributed by atoms with Gasteiger partial charge in [0.05, 0.1) is 25.4 Å². The van der Waals surface area contributed by atoms with Crippen LogP contribution in [0.4, 0.5) is 11.5 Å². The van der Waals surface area contributed by atoms with Gasteiger partial charge in [0.2, 0.25) is 0 Å². The summed E-state index contributed by atoms with van der Waals surface area (Å²) in [7, 11) is 0. The van der Waals surface area contributed by atoms with Crippen LogP contribution in [-0.2, 0) is 6.54 Å². The highest BCUT2D eigenvalue weighted by Gasteiger charge is 2.11. The topological polar surface area (TPSA) is 85.0 Å². The molecule has 0 saturated carbocycles. The van der Waals surface area contributed by atoms with Gasteiger partial charge in [0.25, 0.3) is 0 Å². The monoisotopic (exact) mass is 539 g/mol. The first-order valence-electron chi connectivity index (χ1n) is 10.9. The number of hydrogen-bond donors (Lipinski definition) is 2. The minimum atomic E-state index is 0. The van der Waals surface area contributed by atoms with Crippen molar-refractivity contribution in [2.45, 2.75) is 46.1 Å². The summed E-state index contributed by atoms with van der Waals surface area (Å²) in [6.45, 7) is 7.68. The maximum atomic E-state index is 6.16. The number of pyridine rings is 1. The molecule has 3 rings (SSSR count). The van der Waals surface area contributed by atoms with Crippen LogP contribution in [0.5, 0.6) is 11.5 Å². The summed E-state index contributed by atoms with van der Waals surface area (Å²) in [4.78, 5) is 11.4. The molecule has 3 N–H and O–H groups in total. The lowest BCUT2D eigenvalue weighted by Crippen LogP contribution is -2.25. The minimum Gasteiger partial charge on any atom is -0.494 e. The molecular weight excluding hydrogens is 505 g/mol. The summed E-state index contributed by atoms with van der Waals surface area (Å²) in [6, 6.07) is 9.73. The highest BCUT2D eigenvalue weighted by Crippen LogP contribution is 2.29. The van der Waals surface area contributed by atoms with Crippen molar-refractivity contribution in [2.24, 2.45) is 10.7 Å². The SMILES string of the molecule is CCOc1ccc(OCC)c(NC(N)=NCc2ccnc(N3CCCCCC3)c2)c1.I. The van der Waals surface area contributed by atoms with E-state index in [0.717, 1.165) is 35.9 Å². The zero-order valence-electron chi connectivity index (χ0n) is 18.5. The predicted molar refractivity (Wildman–Crippen MR) is 138 cm³/mol. The summed E-state index contributed by atoms with van der Waals surface area (Å²) in [6.07, 6.45) is 6.91. The number of nitrogens with two attached hydrogens (primary N) is 1. The number of halogens is 1. The Morgan fingerprint density at radius 3 is 2.52 bits per heavy atom. The van der Waals surface area contributed by atoms with E-state index >= 15 is 0 Å². The zero-order valence-corrected chi connectivity index (χ0v) is 20.8. The van der Waals surface area contributed by atoms with Gasteiger partial charge in [-0.3, -0.25) is 0 Å². The third kappa shape index (κ3) is 7.75. The molecule has 170 valence electrons. The highest BCUT2D eigenvalue weighted by molar-refractivity contribution is 14.0. The quantitative estimate of drug-likeness (QED) is 0.285. The van der Waals surface area contributed by atoms with Crippen LogP contribution in [0, 0.1) is 0 Å². The molecule has 0 aliphatic carbocycles. The van der Waals surface area contributed by atoms with Gasteiger partial charge in [-0.1, -0.05) is 12.8 Å². The average molecular weight is 539 g/mol. The average Bonchev–Trinajstić information content (AvgIpc) is 3.04. The summed E-state index contributed by atoms with van der Waals surface area (Å²) in [5.74, 6) is 2.83. The number of aliphatic imine (C=N–C) groups is 1. The Morgan fingerprint density at radius 1 is 1.06 bits per heavy atom. The van der Waals surface area contributed by atoms with E-state index in [1.165, 1.54) is 25.7 Å². The predicted octanol–water partition coefficient (Wildman–Crippen LogP) is 4.80. The fourth-order valence-corrected chi connectivity index (χ4v) is 3.53. The van der Waals surface area contributed by atoms with Crippen LogP contribution in [-0.4, -0.2) is 37.2 Å². The second-order valence-electron chi connectivity index (χ2n) is 7.27. The second kappa shape index (κ2) is 13.2. The van der Waals surface area contributed by atoms with Gasteiger partial charge in [0.15, 0.2) is 5.96 Å². The largest absolute Gasteiger partial charge is 0.494 e. The number of benzene rings is 1. The Labute approximate surface area is 202 Å². The lowest BCUT2D eigenvalue weighted by molar-refractivity contribution is 0.332. The summed E-state index contributed by atoms with van der Waals surface area (Å²) < 4.78 is 11.3. The van der Waals surface area contributed by atoms with E-state index in [1.54, 1.807) is 0 Å². The number of hydrogen-bond acceptors (Lipinski definition) is 5. The van der Waals surface area contributed by atoms with Crippen LogP contribution in [0.1, 0.15) is 45.1 Å². The number of nitrogens with one attached hydrogen (secondary N) is 1. The van der Waals surface area contributed by atoms with Crippen molar-refractivity contribution in [1.29, 1.82) is 0 Å². The van der Waals surface area contributed by atoms with Crippen molar-refractivity contribution in [3.63, 3.8) is 0 Å². The van der Waals surface area contributed by atoms with E-state index < -0.39 is 0 Å². The molecule has 1 aromatic carbocycles. The molecule has 1 aromatic heterocycles. The number of anilines is 2. The van der Waals surface area contributed by atoms with Gasteiger partial charge < -0.3 is 25.4 Å². The first-order chi connectivity index (χ1) is 14.7. The fraction of sp³-hybridized carbons (Fsp3) is 0.478. The van der Waals surface area contributed by atoms with E-state index in [9.17, 15) is 0 Å². The number of nitrogens with zero attached hydrogens (tertiary/aromatic N) is 3. The van der Waals surface area contributed by atoms with Gasteiger partial charge in [0.1, 0.15) is 17.3 Å². The standard InChI is InChI=1S/C23H33N5O2.HI/c1-3-29-19-9-10-21(30-4-2)20(16-19)27-23(24)26-17-18-11-12-25-22(15-18)28-13-7-5-6-8-14-28;/h9-12,15-16H,3-8,13-14,17H2,1-2H3,(H3,24,26,27);1H. The van der Waals surface area contributed by atoms with E-state index in [-0.39, 0.29) is 24.0 Å². The van der Waals surface area contributed by atoms with Crippen LogP contribution >= 0.6 is 24.0 Å². The molecule has 7 nitrogen and oxygen atoms in total. The van der Waals surface area contributed by atoms with E-state index in [0.29, 0.717) is 31.5 Å².